The molecule has 6 heteroatoms. The molecular formula is C57H105NO5. The molecule has 0 aliphatic carbocycles. The van der Waals surface area contributed by atoms with Gasteiger partial charge in [0.1, 0.15) is 0 Å². The molecule has 0 saturated carbocycles. The Bertz CT molecular complexity index is 1070. The third-order valence-electron chi connectivity index (χ3n) is 12.3. The predicted octanol–water partition coefficient (Wildman–Crippen LogP) is 16.6. The molecule has 0 aromatic carbocycles. The van der Waals surface area contributed by atoms with E-state index in [9.17, 15) is 19.8 Å². The predicted molar refractivity (Wildman–Crippen MR) is 273 cm³/mol. The molecular weight excluding hydrogens is 779 g/mol. The normalized spacial score (nSPS) is 13.0. The summed E-state index contributed by atoms with van der Waals surface area (Å²) in [7, 11) is 0. The summed E-state index contributed by atoms with van der Waals surface area (Å²) in [6.45, 7) is 4.83. The van der Waals surface area contributed by atoms with Crippen molar-refractivity contribution in [1.82, 2.24) is 5.32 Å². The zero-order valence-electron chi connectivity index (χ0n) is 41.8. The van der Waals surface area contributed by atoms with Gasteiger partial charge in [-0.15, -0.1) is 0 Å². The molecule has 0 aromatic rings. The first-order chi connectivity index (χ1) is 31.0. The van der Waals surface area contributed by atoms with Crippen LogP contribution < -0.4 is 5.32 Å². The molecule has 0 rings (SSSR count). The Balaban J connectivity index is 3.59. The van der Waals surface area contributed by atoms with Crippen LogP contribution in [-0.4, -0.2) is 47.4 Å². The van der Waals surface area contributed by atoms with Crippen LogP contribution in [0.25, 0.3) is 0 Å². The second-order valence-corrected chi connectivity index (χ2v) is 18.5. The van der Waals surface area contributed by atoms with Crippen molar-refractivity contribution in [3.05, 3.63) is 48.6 Å². The van der Waals surface area contributed by atoms with Crippen molar-refractivity contribution < 1.29 is 24.5 Å². The molecule has 0 bridgehead atoms. The molecule has 0 aliphatic heterocycles. The number of amides is 1. The minimum absolute atomic E-state index is 0.0264. The van der Waals surface area contributed by atoms with Crippen LogP contribution in [0.4, 0.5) is 0 Å². The van der Waals surface area contributed by atoms with E-state index in [2.05, 4.69) is 49.5 Å². The topological polar surface area (TPSA) is 95.9 Å². The molecule has 2 atom stereocenters. The number of aliphatic hydroxyl groups is 2. The van der Waals surface area contributed by atoms with Gasteiger partial charge in [-0.25, -0.2) is 0 Å². The number of rotatable bonds is 50. The van der Waals surface area contributed by atoms with Crippen molar-refractivity contribution >= 4 is 11.9 Å². The van der Waals surface area contributed by atoms with Crippen LogP contribution in [0, 0.1) is 0 Å². The fourth-order valence-electron chi connectivity index (χ4n) is 8.09. The summed E-state index contributed by atoms with van der Waals surface area (Å²) >= 11 is 0. The maximum absolute atomic E-state index is 12.4. The van der Waals surface area contributed by atoms with Crippen LogP contribution in [0.15, 0.2) is 48.6 Å². The van der Waals surface area contributed by atoms with E-state index < -0.39 is 12.1 Å². The lowest BCUT2D eigenvalue weighted by Gasteiger charge is -2.19. The first-order valence-electron chi connectivity index (χ1n) is 27.4. The highest BCUT2D eigenvalue weighted by molar-refractivity contribution is 5.76. The Morgan fingerprint density at radius 1 is 0.444 bits per heavy atom. The molecule has 0 radical (unpaired) electrons. The van der Waals surface area contributed by atoms with Gasteiger partial charge in [0.2, 0.25) is 5.91 Å². The van der Waals surface area contributed by atoms with Crippen LogP contribution >= 0.6 is 0 Å². The second-order valence-electron chi connectivity index (χ2n) is 18.5. The summed E-state index contributed by atoms with van der Waals surface area (Å²) in [5.41, 5.74) is 0. The van der Waals surface area contributed by atoms with Crippen LogP contribution in [-0.2, 0) is 14.3 Å². The maximum atomic E-state index is 12.4. The zero-order chi connectivity index (χ0) is 45.8. The molecule has 0 fully saturated rings. The fourth-order valence-corrected chi connectivity index (χ4v) is 8.09. The average Bonchev–Trinajstić information content (AvgIpc) is 3.28. The second kappa shape index (κ2) is 52.4. The van der Waals surface area contributed by atoms with Gasteiger partial charge in [-0.1, -0.05) is 236 Å². The molecule has 0 heterocycles. The van der Waals surface area contributed by atoms with Crippen LogP contribution in [0.3, 0.4) is 0 Å². The van der Waals surface area contributed by atoms with Crippen molar-refractivity contribution in [3.8, 4) is 0 Å². The van der Waals surface area contributed by atoms with Gasteiger partial charge >= 0.3 is 5.97 Å². The zero-order valence-corrected chi connectivity index (χ0v) is 41.8. The molecule has 0 spiro atoms. The number of aliphatic hydroxyl groups excluding tert-OH is 2. The van der Waals surface area contributed by atoms with E-state index in [0.29, 0.717) is 25.9 Å². The van der Waals surface area contributed by atoms with Gasteiger partial charge < -0.3 is 20.3 Å². The smallest absolute Gasteiger partial charge is 0.305 e. The number of allylic oxidation sites excluding steroid dienone is 7. The standard InChI is InChI=1S/C57H105NO5/c1-3-5-7-9-11-13-15-17-19-21-22-25-29-33-37-41-45-49-55(60)54(53-59)58-56(61)50-46-42-38-34-30-26-24-28-32-36-40-44-48-52-63-57(62)51-47-43-39-35-31-27-23-20-18-16-14-12-10-8-6-4-2/h20,23,26,30,38,42,45,49,54-55,59-60H,3-19,21-22,24-25,27-29,31-37,39-41,43-44,46-48,50-53H2,1-2H3,(H,58,61)/b23-20-,30-26-,42-38-,49-45+. The number of unbranched alkanes of at least 4 members (excludes halogenated alkanes) is 33. The molecule has 2 unspecified atom stereocenters. The summed E-state index contributed by atoms with van der Waals surface area (Å²) in [5, 5.41) is 23.0. The van der Waals surface area contributed by atoms with Gasteiger partial charge in [0.05, 0.1) is 25.4 Å². The van der Waals surface area contributed by atoms with E-state index in [1.807, 2.05) is 12.2 Å². The number of esters is 1. The number of carbonyl (C=O) groups excluding carboxylic acids is 2. The van der Waals surface area contributed by atoms with Gasteiger partial charge in [0.25, 0.3) is 0 Å². The van der Waals surface area contributed by atoms with E-state index in [0.717, 1.165) is 51.4 Å². The van der Waals surface area contributed by atoms with Crippen molar-refractivity contribution in [2.75, 3.05) is 13.2 Å². The molecule has 1 amide bonds. The molecule has 0 aromatic heterocycles. The highest BCUT2D eigenvalue weighted by atomic mass is 16.5. The van der Waals surface area contributed by atoms with Crippen LogP contribution in [0.2, 0.25) is 0 Å². The molecule has 3 N–H and O–H groups in total. The van der Waals surface area contributed by atoms with Gasteiger partial charge in [-0.05, 0) is 77.0 Å². The Morgan fingerprint density at radius 3 is 1.25 bits per heavy atom. The maximum Gasteiger partial charge on any atom is 0.305 e. The van der Waals surface area contributed by atoms with E-state index in [4.69, 9.17) is 4.74 Å². The highest BCUT2D eigenvalue weighted by Gasteiger charge is 2.17. The monoisotopic (exact) mass is 884 g/mol. The quantitative estimate of drug-likeness (QED) is 0.0321. The molecule has 63 heavy (non-hydrogen) atoms. The summed E-state index contributed by atoms with van der Waals surface area (Å²) in [6.07, 6.45) is 65.6. The number of carbonyl (C=O) groups is 2. The molecule has 6 nitrogen and oxygen atoms in total. The Kier molecular flexibility index (Phi) is 50.6. The minimum Gasteiger partial charge on any atom is -0.466 e. The van der Waals surface area contributed by atoms with Crippen molar-refractivity contribution in [2.45, 2.75) is 289 Å². The van der Waals surface area contributed by atoms with Gasteiger partial charge in [-0.3, -0.25) is 9.59 Å². The van der Waals surface area contributed by atoms with Crippen molar-refractivity contribution in [1.29, 1.82) is 0 Å². The number of hydrogen-bond donors (Lipinski definition) is 3. The van der Waals surface area contributed by atoms with E-state index in [1.165, 1.54) is 193 Å². The number of nitrogens with one attached hydrogen (secondary N) is 1. The van der Waals surface area contributed by atoms with Crippen molar-refractivity contribution in [3.63, 3.8) is 0 Å². The SMILES string of the molecule is CCCCCCCCC/C=C\CCCCCCCC(=O)OCCCCCCCC/C=C\C/C=C\CCC(=O)NC(CO)C(O)/C=C/CCCCCCCCCCCCCCCCC. The number of hydrogen-bond acceptors (Lipinski definition) is 5. The van der Waals surface area contributed by atoms with E-state index in [1.54, 1.807) is 6.08 Å². The van der Waals surface area contributed by atoms with Crippen LogP contribution in [0.5, 0.6) is 0 Å². The Hall–Kier alpha value is -2.18. The molecule has 0 aliphatic rings. The first-order valence-corrected chi connectivity index (χ1v) is 27.4. The summed E-state index contributed by atoms with van der Waals surface area (Å²) < 4.78 is 5.45. The van der Waals surface area contributed by atoms with Gasteiger partial charge in [0.15, 0.2) is 0 Å². The fraction of sp³-hybridized carbons (Fsp3) is 0.825. The third kappa shape index (κ3) is 49.1. The minimum atomic E-state index is -0.880. The highest BCUT2D eigenvalue weighted by Crippen LogP contribution is 2.15. The Morgan fingerprint density at radius 2 is 0.810 bits per heavy atom. The Labute approximate surface area is 391 Å². The molecule has 368 valence electrons. The summed E-state index contributed by atoms with van der Waals surface area (Å²) in [5.74, 6) is -0.175. The van der Waals surface area contributed by atoms with Crippen molar-refractivity contribution in [2.24, 2.45) is 0 Å². The largest absolute Gasteiger partial charge is 0.466 e. The van der Waals surface area contributed by atoms with E-state index in [-0.39, 0.29) is 18.5 Å². The lowest BCUT2D eigenvalue weighted by atomic mass is 10.0. The summed E-state index contributed by atoms with van der Waals surface area (Å²) in [6, 6.07) is -0.673. The lowest BCUT2D eigenvalue weighted by molar-refractivity contribution is -0.143. The first kappa shape index (κ1) is 60.8. The lowest BCUT2D eigenvalue weighted by Crippen LogP contribution is -2.45. The van der Waals surface area contributed by atoms with Crippen LogP contribution in [0.1, 0.15) is 277 Å². The van der Waals surface area contributed by atoms with Gasteiger partial charge in [-0.2, -0.15) is 0 Å². The average molecular weight is 884 g/mol. The van der Waals surface area contributed by atoms with Gasteiger partial charge in [0, 0.05) is 12.8 Å². The van der Waals surface area contributed by atoms with E-state index >= 15 is 0 Å². The third-order valence-corrected chi connectivity index (χ3v) is 12.3. The molecule has 0 saturated heterocycles. The number of ether oxygens (including phenoxy) is 1. The summed E-state index contributed by atoms with van der Waals surface area (Å²) in [4.78, 5) is 24.5.